The van der Waals surface area contributed by atoms with Crippen LogP contribution in [0.15, 0.2) is 29.4 Å². The molecule has 1 atom stereocenters. The zero-order valence-electron chi connectivity index (χ0n) is 19.2. The van der Waals surface area contributed by atoms with Crippen LogP contribution < -0.4 is 16.0 Å². The van der Waals surface area contributed by atoms with E-state index in [0.29, 0.717) is 42.8 Å². The van der Waals surface area contributed by atoms with E-state index in [2.05, 4.69) is 37.8 Å². The van der Waals surface area contributed by atoms with Crippen LogP contribution in [0, 0.1) is 17.2 Å². The third-order valence-corrected chi connectivity index (χ3v) is 8.17. The van der Waals surface area contributed by atoms with Crippen LogP contribution in [-0.2, 0) is 0 Å². The largest absolute Gasteiger partial charge is 0.361 e. The van der Waals surface area contributed by atoms with E-state index >= 15 is 0 Å². The van der Waals surface area contributed by atoms with E-state index < -0.39 is 5.82 Å². The molecule has 1 amide bonds. The number of thiazole rings is 1. The van der Waals surface area contributed by atoms with E-state index in [1.165, 1.54) is 17.4 Å². The number of thioether (sulfide) groups is 1. The summed E-state index contributed by atoms with van der Waals surface area (Å²) in [5.74, 6) is 0.161. The van der Waals surface area contributed by atoms with Crippen molar-refractivity contribution < 1.29 is 9.18 Å². The number of carbonyl (C=O) groups excluding carboxylic acids is 1. The summed E-state index contributed by atoms with van der Waals surface area (Å²) in [7, 11) is 0. The molecule has 0 unspecified atom stereocenters. The molecule has 0 saturated carbocycles. The van der Waals surface area contributed by atoms with E-state index in [1.54, 1.807) is 35.1 Å². The molecule has 4 heterocycles. The molecule has 180 valence electrons. The third kappa shape index (κ3) is 4.82. The molecule has 2 saturated heterocycles. The van der Waals surface area contributed by atoms with Gasteiger partial charge < -0.3 is 20.9 Å². The number of hydrogen-bond acceptors (Lipinski definition) is 9. The van der Waals surface area contributed by atoms with Gasteiger partial charge in [0, 0.05) is 68.0 Å². The Morgan fingerprint density at radius 3 is 2.74 bits per heavy atom. The van der Waals surface area contributed by atoms with Crippen molar-refractivity contribution in [2.24, 2.45) is 11.3 Å². The van der Waals surface area contributed by atoms with Gasteiger partial charge in [0.15, 0.2) is 5.13 Å². The number of nitrogens with one attached hydrogen (secondary N) is 3. The number of rotatable bonds is 8. The molecule has 1 spiro atoms. The van der Waals surface area contributed by atoms with Crippen molar-refractivity contribution in [2.75, 3.05) is 56.2 Å². The van der Waals surface area contributed by atoms with Crippen molar-refractivity contribution in [1.82, 2.24) is 25.2 Å². The summed E-state index contributed by atoms with van der Waals surface area (Å²) in [6.07, 6.45) is 6.57. The number of halogens is 1. The summed E-state index contributed by atoms with van der Waals surface area (Å²) in [4.78, 5) is 28.9. The Balaban J connectivity index is 1.19. The zero-order chi connectivity index (χ0) is 23.7. The van der Waals surface area contributed by atoms with E-state index in [0.717, 1.165) is 29.1 Å². The van der Waals surface area contributed by atoms with Gasteiger partial charge in [-0.3, -0.25) is 4.79 Å². The highest BCUT2D eigenvalue weighted by Crippen LogP contribution is 2.35. The van der Waals surface area contributed by atoms with Gasteiger partial charge in [-0.05, 0) is 24.7 Å². The fourth-order valence-electron chi connectivity index (χ4n) is 4.35. The highest BCUT2D eigenvalue weighted by Gasteiger charge is 2.44. The maximum Gasteiger partial charge on any atom is 0.256 e. The number of amides is 1. The number of hydrogen-bond donors (Lipinski definition) is 3. The first kappa shape index (κ1) is 23.3. The average molecular weight is 502 g/mol. The van der Waals surface area contributed by atoms with Gasteiger partial charge in [0.25, 0.3) is 5.91 Å². The van der Waals surface area contributed by atoms with Gasteiger partial charge >= 0.3 is 0 Å². The van der Waals surface area contributed by atoms with Gasteiger partial charge in [-0.15, -0.1) is 11.8 Å². The molecule has 0 aliphatic carbocycles. The summed E-state index contributed by atoms with van der Waals surface area (Å²) in [6.45, 7) is 6.77. The Morgan fingerprint density at radius 2 is 2.06 bits per heavy atom. The lowest BCUT2D eigenvalue weighted by Crippen LogP contribution is -2.55. The summed E-state index contributed by atoms with van der Waals surface area (Å²) < 4.78 is 15.6. The normalized spacial score (nSPS) is 17.7. The van der Waals surface area contributed by atoms with Crippen molar-refractivity contribution in [1.29, 1.82) is 0 Å². The first-order valence-corrected chi connectivity index (χ1v) is 13.4. The predicted molar refractivity (Wildman–Crippen MR) is 135 cm³/mol. The number of likely N-dealkylation sites (tertiary alicyclic amines) is 1. The van der Waals surface area contributed by atoms with Gasteiger partial charge in [-0.25, -0.2) is 19.3 Å². The van der Waals surface area contributed by atoms with Crippen molar-refractivity contribution in [2.45, 2.75) is 18.2 Å². The Hall–Kier alpha value is -2.50. The number of carbonyl (C=O) groups is 1. The summed E-state index contributed by atoms with van der Waals surface area (Å²) in [5.41, 5.74) is 0.890. The minimum atomic E-state index is -0.507. The monoisotopic (exact) mass is 501 g/mol. The number of benzene rings is 1. The number of fused-ring (bicyclic) bond motifs is 1. The second-order valence-corrected chi connectivity index (χ2v) is 11.1. The zero-order valence-corrected chi connectivity index (χ0v) is 20.9. The third-order valence-electron chi connectivity index (χ3n) is 6.51. The Kier molecular flexibility index (Phi) is 6.59. The van der Waals surface area contributed by atoms with Crippen LogP contribution in [0.3, 0.4) is 0 Å². The number of anilines is 2. The molecule has 2 aliphatic rings. The Labute approximate surface area is 206 Å². The average Bonchev–Trinajstić information content (AvgIpc) is 3.45. The molecular weight excluding hydrogens is 473 g/mol. The molecule has 1 aromatic carbocycles. The van der Waals surface area contributed by atoms with Gasteiger partial charge in [-0.2, -0.15) is 0 Å². The molecule has 2 fully saturated rings. The quantitative estimate of drug-likeness (QED) is 0.404. The first-order chi connectivity index (χ1) is 16.4. The van der Waals surface area contributed by atoms with E-state index in [-0.39, 0.29) is 22.8 Å². The molecule has 0 bridgehead atoms. The van der Waals surface area contributed by atoms with Crippen LogP contribution in [0.1, 0.15) is 23.7 Å². The minimum Gasteiger partial charge on any atom is -0.361 e. The van der Waals surface area contributed by atoms with Crippen LogP contribution >= 0.6 is 23.1 Å². The Bertz CT molecular complexity index is 1180. The standard InChI is InChI=1S/C23H28FN7OS2/c1-14(7-26-21-27-9-15(33-2)10-28-21)8-29-22-30-18-6-17(24)16(5-19(18)34-22)20(32)31-4-3-23(13-31)11-25-12-23/h5-6,9-10,14,25H,3-4,7-8,11-13H2,1-2H3,(H,29,30)(H,26,27,28)/t14-/m0/s1. The first-order valence-electron chi connectivity index (χ1n) is 11.4. The smallest absolute Gasteiger partial charge is 0.256 e. The van der Waals surface area contributed by atoms with Crippen LogP contribution in [-0.4, -0.2) is 71.3 Å². The topological polar surface area (TPSA) is 95.1 Å². The second kappa shape index (κ2) is 9.63. The molecule has 0 radical (unpaired) electrons. The van der Waals surface area contributed by atoms with Gasteiger partial charge in [0.2, 0.25) is 5.95 Å². The van der Waals surface area contributed by atoms with Crippen molar-refractivity contribution in [3.05, 3.63) is 35.9 Å². The lowest BCUT2D eigenvalue weighted by molar-refractivity contribution is 0.0747. The van der Waals surface area contributed by atoms with Crippen LogP contribution in [0.5, 0.6) is 0 Å². The maximum absolute atomic E-state index is 14.8. The molecule has 34 heavy (non-hydrogen) atoms. The minimum absolute atomic E-state index is 0.136. The number of nitrogens with zero attached hydrogens (tertiary/aromatic N) is 4. The van der Waals surface area contributed by atoms with E-state index in [1.807, 2.05) is 6.26 Å². The molecule has 5 rings (SSSR count). The molecule has 2 aliphatic heterocycles. The molecule has 2 aromatic heterocycles. The van der Waals surface area contributed by atoms with Crippen LogP contribution in [0.2, 0.25) is 0 Å². The summed E-state index contributed by atoms with van der Waals surface area (Å²) in [5, 5.41) is 10.6. The lowest BCUT2D eigenvalue weighted by Gasteiger charge is -2.39. The van der Waals surface area contributed by atoms with E-state index in [4.69, 9.17) is 0 Å². The van der Waals surface area contributed by atoms with Gasteiger partial charge in [0.05, 0.1) is 15.8 Å². The fourth-order valence-corrected chi connectivity index (χ4v) is 5.56. The Morgan fingerprint density at radius 1 is 1.29 bits per heavy atom. The molecule has 8 nitrogen and oxygen atoms in total. The van der Waals surface area contributed by atoms with Crippen molar-refractivity contribution in [3.8, 4) is 0 Å². The van der Waals surface area contributed by atoms with Gasteiger partial charge in [0.1, 0.15) is 5.82 Å². The lowest BCUT2D eigenvalue weighted by atomic mass is 9.81. The van der Waals surface area contributed by atoms with Gasteiger partial charge in [-0.1, -0.05) is 18.3 Å². The summed E-state index contributed by atoms with van der Waals surface area (Å²) in [6, 6.07) is 3.03. The van der Waals surface area contributed by atoms with Crippen LogP contribution in [0.25, 0.3) is 10.2 Å². The predicted octanol–water partition coefficient (Wildman–Crippen LogP) is 3.54. The van der Waals surface area contributed by atoms with Crippen molar-refractivity contribution >= 4 is 50.3 Å². The van der Waals surface area contributed by atoms with E-state index in [9.17, 15) is 9.18 Å². The maximum atomic E-state index is 14.8. The molecule has 3 aromatic rings. The van der Waals surface area contributed by atoms with Crippen LogP contribution in [0.4, 0.5) is 15.5 Å². The molecule has 11 heteroatoms. The highest BCUT2D eigenvalue weighted by atomic mass is 32.2. The second-order valence-electron chi connectivity index (χ2n) is 9.21. The fraction of sp³-hybridized carbons (Fsp3) is 0.478. The number of aromatic nitrogens is 3. The SMILES string of the molecule is CSc1cnc(NC[C@H](C)CNc2nc3cc(F)c(C(=O)N4CCC5(CNC5)C4)cc3s2)nc1. The highest BCUT2D eigenvalue weighted by molar-refractivity contribution is 7.98. The van der Waals surface area contributed by atoms with Crippen molar-refractivity contribution in [3.63, 3.8) is 0 Å². The molecule has 3 N–H and O–H groups in total. The summed E-state index contributed by atoms with van der Waals surface area (Å²) >= 11 is 3.05. The molecular formula is C23H28FN7OS2.